The standard InChI is InChI=1S/C15H18ClN5O2/c16-12-1-3-13(4-2-12)23-10-9-20-5-7-21(8-6-20)15(22)14-11-17-19-18-14/h1-4,11H,5-10H2,(H,17,18,19). The maximum atomic E-state index is 12.1. The number of carbonyl (C=O) groups excluding carboxylic acids is 1. The first-order chi connectivity index (χ1) is 11.2. The molecule has 0 atom stereocenters. The van der Waals surface area contributed by atoms with Crippen LogP contribution in [0.25, 0.3) is 0 Å². The van der Waals surface area contributed by atoms with Gasteiger partial charge < -0.3 is 9.64 Å². The van der Waals surface area contributed by atoms with Gasteiger partial charge in [-0.2, -0.15) is 15.4 Å². The van der Waals surface area contributed by atoms with Crippen molar-refractivity contribution >= 4 is 17.5 Å². The number of hydrogen-bond acceptors (Lipinski definition) is 5. The lowest BCUT2D eigenvalue weighted by Gasteiger charge is -2.34. The van der Waals surface area contributed by atoms with Crippen LogP contribution in [-0.2, 0) is 0 Å². The van der Waals surface area contributed by atoms with E-state index in [0.29, 0.717) is 30.4 Å². The lowest BCUT2D eigenvalue weighted by Crippen LogP contribution is -2.49. The summed E-state index contributed by atoms with van der Waals surface area (Å²) in [5.74, 6) is 0.741. The first kappa shape index (κ1) is 15.8. The highest BCUT2D eigenvalue weighted by Crippen LogP contribution is 2.15. The first-order valence-electron chi connectivity index (χ1n) is 7.48. The van der Waals surface area contributed by atoms with Gasteiger partial charge in [-0.25, -0.2) is 0 Å². The third-order valence-electron chi connectivity index (χ3n) is 3.78. The highest BCUT2D eigenvalue weighted by Gasteiger charge is 2.23. The monoisotopic (exact) mass is 335 g/mol. The molecule has 0 aliphatic carbocycles. The molecule has 0 bridgehead atoms. The minimum Gasteiger partial charge on any atom is -0.492 e. The van der Waals surface area contributed by atoms with E-state index in [9.17, 15) is 4.79 Å². The fourth-order valence-electron chi connectivity index (χ4n) is 2.46. The van der Waals surface area contributed by atoms with E-state index in [0.717, 1.165) is 25.4 Å². The van der Waals surface area contributed by atoms with E-state index in [4.69, 9.17) is 16.3 Å². The van der Waals surface area contributed by atoms with E-state index in [-0.39, 0.29) is 5.91 Å². The number of nitrogens with one attached hydrogen (secondary N) is 1. The summed E-state index contributed by atoms with van der Waals surface area (Å²) in [6.45, 7) is 4.47. The number of hydrogen-bond donors (Lipinski definition) is 1. The van der Waals surface area contributed by atoms with Crippen molar-refractivity contribution in [2.45, 2.75) is 0 Å². The SMILES string of the molecule is O=C(c1cn[nH]n1)N1CCN(CCOc2ccc(Cl)cc2)CC1. The number of benzene rings is 1. The lowest BCUT2D eigenvalue weighted by atomic mass is 10.3. The van der Waals surface area contributed by atoms with Gasteiger partial charge in [0.15, 0.2) is 5.69 Å². The normalized spacial score (nSPS) is 15.6. The van der Waals surface area contributed by atoms with Crippen molar-refractivity contribution in [3.63, 3.8) is 0 Å². The minimum atomic E-state index is -0.0733. The van der Waals surface area contributed by atoms with Crippen LogP contribution in [0, 0.1) is 0 Å². The average Bonchev–Trinajstić information content (AvgIpc) is 3.11. The Morgan fingerprint density at radius 3 is 2.61 bits per heavy atom. The molecule has 1 amide bonds. The third-order valence-corrected chi connectivity index (χ3v) is 4.04. The summed E-state index contributed by atoms with van der Waals surface area (Å²) in [5, 5.41) is 10.7. The maximum absolute atomic E-state index is 12.1. The summed E-state index contributed by atoms with van der Waals surface area (Å²) >= 11 is 5.84. The Kier molecular flexibility index (Phi) is 5.09. The quantitative estimate of drug-likeness (QED) is 0.891. The Morgan fingerprint density at radius 2 is 1.96 bits per heavy atom. The van der Waals surface area contributed by atoms with Crippen LogP contribution in [0.3, 0.4) is 0 Å². The third kappa shape index (κ3) is 4.20. The molecule has 1 aliphatic rings. The molecular weight excluding hydrogens is 318 g/mol. The number of H-pyrrole nitrogens is 1. The Hall–Kier alpha value is -2.12. The number of aromatic amines is 1. The highest BCUT2D eigenvalue weighted by molar-refractivity contribution is 6.30. The van der Waals surface area contributed by atoms with Crippen LogP contribution >= 0.6 is 11.6 Å². The molecule has 1 N–H and O–H groups in total. The molecule has 0 unspecified atom stereocenters. The van der Waals surface area contributed by atoms with E-state index >= 15 is 0 Å². The molecule has 122 valence electrons. The highest BCUT2D eigenvalue weighted by atomic mass is 35.5. The molecule has 0 spiro atoms. The topological polar surface area (TPSA) is 74.4 Å². The van der Waals surface area contributed by atoms with Crippen molar-refractivity contribution < 1.29 is 9.53 Å². The van der Waals surface area contributed by atoms with E-state index in [1.54, 1.807) is 4.90 Å². The van der Waals surface area contributed by atoms with Crippen molar-refractivity contribution in [3.8, 4) is 5.75 Å². The Balaban J connectivity index is 1.39. The number of halogens is 1. The molecule has 2 aromatic rings. The van der Waals surface area contributed by atoms with Gasteiger partial charge in [0.2, 0.25) is 0 Å². The van der Waals surface area contributed by atoms with Crippen LogP contribution in [0.2, 0.25) is 5.02 Å². The number of aromatic nitrogens is 3. The number of nitrogens with zero attached hydrogens (tertiary/aromatic N) is 4. The molecule has 8 heteroatoms. The van der Waals surface area contributed by atoms with Crippen LogP contribution < -0.4 is 4.74 Å². The molecule has 3 rings (SSSR count). The van der Waals surface area contributed by atoms with Gasteiger partial charge in [0, 0.05) is 37.7 Å². The largest absolute Gasteiger partial charge is 0.492 e. The molecule has 1 saturated heterocycles. The van der Waals surface area contributed by atoms with Gasteiger partial charge >= 0.3 is 0 Å². The van der Waals surface area contributed by atoms with E-state index < -0.39 is 0 Å². The molecule has 1 aromatic carbocycles. The molecule has 23 heavy (non-hydrogen) atoms. The van der Waals surface area contributed by atoms with Crippen LogP contribution in [0.5, 0.6) is 5.75 Å². The van der Waals surface area contributed by atoms with Gasteiger partial charge in [-0.15, -0.1) is 0 Å². The van der Waals surface area contributed by atoms with Crippen molar-refractivity contribution in [2.24, 2.45) is 0 Å². The lowest BCUT2D eigenvalue weighted by molar-refractivity contribution is 0.0614. The average molecular weight is 336 g/mol. The Labute approximate surface area is 139 Å². The van der Waals surface area contributed by atoms with Gasteiger partial charge in [-0.05, 0) is 24.3 Å². The zero-order valence-corrected chi connectivity index (χ0v) is 13.4. The number of piperazine rings is 1. The maximum Gasteiger partial charge on any atom is 0.276 e. The van der Waals surface area contributed by atoms with Crippen molar-refractivity contribution in [1.82, 2.24) is 25.2 Å². The molecule has 0 saturated carbocycles. The number of carbonyl (C=O) groups is 1. The predicted molar refractivity (Wildman–Crippen MR) is 85.7 cm³/mol. The number of amides is 1. The second-order valence-corrected chi connectivity index (χ2v) is 5.73. The summed E-state index contributed by atoms with van der Waals surface area (Å²) in [7, 11) is 0. The van der Waals surface area contributed by atoms with Crippen LogP contribution in [0.4, 0.5) is 0 Å². The van der Waals surface area contributed by atoms with Crippen molar-refractivity contribution in [2.75, 3.05) is 39.3 Å². The fraction of sp³-hybridized carbons (Fsp3) is 0.400. The first-order valence-corrected chi connectivity index (χ1v) is 7.86. The van der Waals surface area contributed by atoms with Gasteiger partial charge in [-0.1, -0.05) is 11.6 Å². The molecule has 0 radical (unpaired) electrons. The van der Waals surface area contributed by atoms with Gasteiger partial charge in [0.05, 0.1) is 6.20 Å². The molecule has 1 aromatic heterocycles. The fourth-order valence-corrected chi connectivity index (χ4v) is 2.59. The van der Waals surface area contributed by atoms with Gasteiger partial charge in [-0.3, -0.25) is 9.69 Å². The van der Waals surface area contributed by atoms with Crippen LogP contribution in [-0.4, -0.2) is 70.4 Å². The summed E-state index contributed by atoms with van der Waals surface area (Å²) in [6, 6.07) is 7.34. The molecule has 1 aliphatic heterocycles. The second-order valence-electron chi connectivity index (χ2n) is 5.29. The summed E-state index contributed by atoms with van der Waals surface area (Å²) in [4.78, 5) is 16.2. The van der Waals surface area contributed by atoms with Crippen molar-refractivity contribution in [3.05, 3.63) is 41.2 Å². The van der Waals surface area contributed by atoms with Crippen molar-refractivity contribution in [1.29, 1.82) is 0 Å². The minimum absolute atomic E-state index is 0.0733. The van der Waals surface area contributed by atoms with E-state index in [1.807, 2.05) is 24.3 Å². The number of ether oxygens (including phenoxy) is 1. The van der Waals surface area contributed by atoms with Gasteiger partial charge in [0.1, 0.15) is 12.4 Å². The number of rotatable bonds is 5. The predicted octanol–water partition coefficient (Wildman–Crippen LogP) is 1.29. The van der Waals surface area contributed by atoms with Gasteiger partial charge in [0.25, 0.3) is 5.91 Å². The Bertz CT molecular complexity index is 624. The van der Waals surface area contributed by atoms with Crippen LogP contribution in [0.15, 0.2) is 30.5 Å². The smallest absolute Gasteiger partial charge is 0.276 e. The summed E-state index contributed by atoms with van der Waals surface area (Å²) in [6.07, 6.45) is 1.45. The summed E-state index contributed by atoms with van der Waals surface area (Å²) < 4.78 is 5.69. The van der Waals surface area contributed by atoms with Crippen LogP contribution in [0.1, 0.15) is 10.5 Å². The molecule has 2 heterocycles. The Morgan fingerprint density at radius 1 is 1.22 bits per heavy atom. The molecule has 7 nitrogen and oxygen atoms in total. The summed E-state index contributed by atoms with van der Waals surface area (Å²) in [5.41, 5.74) is 0.365. The zero-order chi connectivity index (χ0) is 16.1. The second kappa shape index (κ2) is 7.43. The van der Waals surface area contributed by atoms with E-state index in [1.165, 1.54) is 6.20 Å². The molecular formula is C15H18ClN5O2. The molecule has 1 fully saturated rings. The zero-order valence-electron chi connectivity index (χ0n) is 12.6. The van der Waals surface area contributed by atoms with E-state index in [2.05, 4.69) is 20.3 Å².